The smallest absolute Gasteiger partial charge is 0.485 e. The molecular formula is C18H19F3N2O5S2. The SMILES string of the molecule is CCOc1cc(Sc2ccc(C)cc2)c(OCC)cc1[N+]#N.O=S(=O)([O-])C(F)(F)F. The molecule has 164 valence electrons. The van der Waals surface area contributed by atoms with Gasteiger partial charge in [-0.1, -0.05) is 29.5 Å². The number of benzene rings is 2. The van der Waals surface area contributed by atoms with Crippen molar-refractivity contribution < 1.29 is 35.6 Å². The molecule has 0 saturated heterocycles. The first kappa shape index (κ1) is 25.5. The molecule has 0 spiro atoms. The van der Waals surface area contributed by atoms with Crippen molar-refractivity contribution in [2.75, 3.05) is 13.2 Å². The zero-order chi connectivity index (χ0) is 22.9. The zero-order valence-electron chi connectivity index (χ0n) is 16.3. The third-order valence-corrected chi connectivity index (χ3v) is 4.88. The van der Waals surface area contributed by atoms with E-state index in [0.717, 1.165) is 9.79 Å². The van der Waals surface area contributed by atoms with Gasteiger partial charge in [-0.15, -0.1) is 0 Å². The van der Waals surface area contributed by atoms with Crippen molar-refractivity contribution in [1.29, 1.82) is 5.39 Å². The topological polar surface area (TPSA) is 104 Å². The van der Waals surface area contributed by atoms with E-state index in [9.17, 15) is 13.2 Å². The van der Waals surface area contributed by atoms with Crippen LogP contribution in [0.2, 0.25) is 0 Å². The highest BCUT2D eigenvalue weighted by molar-refractivity contribution is 7.99. The number of ether oxygens (including phenoxy) is 2. The molecule has 0 amide bonds. The van der Waals surface area contributed by atoms with Crippen LogP contribution >= 0.6 is 11.8 Å². The highest BCUT2D eigenvalue weighted by atomic mass is 32.2. The molecule has 2 aromatic carbocycles. The van der Waals surface area contributed by atoms with Gasteiger partial charge in [-0.05, 0) is 32.9 Å². The predicted octanol–water partition coefficient (Wildman–Crippen LogP) is 5.48. The van der Waals surface area contributed by atoms with Crippen LogP contribution in [-0.4, -0.2) is 31.7 Å². The van der Waals surface area contributed by atoms with E-state index in [1.807, 2.05) is 19.9 Å². The van der Waals surface area contributed by atoms with E-state index in [0.29, 0.717) is 30.4 Å². The number of rotatable bonds is 6. The van der Waals surface area contributed by atoms with Gasteiger partial charge < -0.3 is 14.0 Å². The van der Waals surface area contributed by atoms with E-state index in [-0.39, 0.29) is 0 Å². The molecule has 12 heteroatoms. The molecule has 0 atom stereocenters. The number of alkyl halides is 3. The lowest BCUT2D eigenvalue weighted by atomic mass is 10.2. The van der Waals surface area contributed by atoms with Crippen LogP contribution in [0.15, 0.2) is 46.2 Å². The van der Waals surface area contributed by atoms with Crippen LogP contribution < -0.4 is 9.47 Å². The fraction of sp³-hybridized carbons (Fsp3) is 0.333. The fourth-order valence-corrected chi connectivity index (χ4v) is 2.87. The van der Waals surface area contributed by atoms with Gasteiger partial charge in [0.05, 0.1) is 24.2 Å². The minimum atomic E-state index is -6.09. The van der Waals surface area contributed by atoms with E-state index in [1.54, 1.807) is 17.8 Å². The molecule has 0 saturated carbocycles. The molecule has 0 fully saturated rings. The normalized spacial score (nSPS) is 11.1. The number of nitrogens with zero attached hydrogens (tertiary/aromatic N) is 2. The molecular weight excluding hydrogens is 445 g/mol. The highest BCUT2D eigenvalue weighted by Crippen LogP contribution is 2.42. The van der Waals surface area contributed by atoms with Gasteiger partial charge >= 0.3 is 11.2 Å². The maximum atomic E-state index is 10.7. The van der Waals surface area contributed by atoms with Crippen molar-refractivity contribution in [2.24, 2.45) is 0 Å². The summed E-state index contributed by atoms with van der Waals surface area (Å²) in [5, 5.41) is 9.13. The Bertz CT molecular complexity index is 989. The molecule has 0 radical (unpaired) electrons. The summed E-state index contributed by atoms with van der Waals surface area (Å²) in [6, 6.07) is 11.8. The maximum Gasteiger partial charge on any atom is 0.485 e. The lowest BCUT2D eigenvalue weighted by Crippen LogP contribution is -2.21. The zero-order valence-corrected chi connectivity index (χ0v) is 17.9. The number of halogens is 3. The summed E-state index contributed by atoms with van der Waals surface area (Å²) < 4.78 is 70.1. The van der Waals surface area contributed by atoms with Gasteiger partial charge in [-0.3, -0.25) is 0 Å². The van der Waals surface area contributed by atoms with Gasteiger partial charge in [0.25, 0.3) is 0 Å². The first-order valence-corrected chi connectivity index (χ1v) is 10.7. The maximum absolute atomic E-state index is 10.7. The molecule has 0 aliphatic rings. The van der Waals surface area contributed by atoms with Gasteiger partial charge in [-0.2, -0.15) is 13.2 Å². The number of hydrogen-bond acceptors (Lipinski definition) is 7. The number of hydrogen-bond donors (Lipinski definition) is 0. The predicted molar refractivity (Wildman–Crippen MR) is 105 cm³/mol. The molecule has 0 aliphatic carbocycles. The molecule has 2 rings (SSSR count). The van der Waals surface area contributed by atoms with Gasteiger partial charge in [0.1, 0.15) is 5.75 Å². The van der Waals surface area contributed by atoms with E-state index in [1.165, 1.54) is 5.56 Å². The average Bonchev–Trinajstić information content (AvgIpc) is 2.64. The molecule has 2 aromatic rings. The van der Waals surface area contributed by atoms with Crippen LogP contribution in [0.25, 0.3) is 4.98 Å². The van der Waals surface area contributed by atoms with Crippen LogP contribution in [-0.2, 0) is 10.1 Å². The van der Waals surface area contributed by atoms with Gasteiger partial charge in [0.15, 0.2) is 15.1 Å². The Morgan fingerprint density at radius 2 is 1.57 bits per heavy atom. The quantitative estimate of drug-likeness (QED) is 0.317. The number of aryl methyl sites for hydroxylation is 1. The molecule has 0 aromatic heterocycles. The number of diazo groups is 1. The second kappa shape index (κ2) is 11.1. The Hall–Kier alpha value is -2.49. The standard InChI is InChI=1S/C17H19N2O2S.CHF3O3S/c1-4-20-15-11-17(16(21-5-2)10-14(15)19-18)22-13-8-6-12(3)7-9-13;2-1(3,4)8(5,6)7/h6-11H,4-5H2,1-3H3;(H,5,6,7)/q+1;/p-1. The second-order valence-electron chi connectivity index (χ2n) is 5.55. The van der Waals surface area contributed by atoms with Crippen LogP contribution in [0, 0.1) is 12.3 Å². The summed E-state index contributed by atoms with van der Waals surface area (Å²) in [5.74, 6) is 1.23. The molecule has 7 nitrogen and oxygen atoms in total. The largest absolute Gasteiger partial charge is 0.741 e. The van der Waals surface area contributed by atoms with E-state index < -0.39 is 15.6 Å². The Morgan fingerprint density at radius 3 is 2.00 bits per heavy atom. The Labute approximate surface area is 176 Å². The van der Waals surface area contributed by atoms with Crippen molar-refractivity contribution in [3.8, 4) is 11.5 Å². The third-order valence-electron chi connectivity index (χ3n) is 3.26. The van der Waals surface area contributed by atoms with Crippen LogP contribution in [0.4, 0.5) is 18.9 Å². The summed E-state index contributed by atoms with van der Waals surface area (Å²) in [6.45, 7) is 6.92. The Morgan fingerprint density at radius 1 is 1.07 bits per heavy atom. The Kier molecular flexibility index (Phi) is 9.41. The summed E-state index contributed by atoms with van der Waals surface area (Å²) >= 11 is 1.59. The summed E-state index contributed by atoms with van der Waals surface area (Å²) in [6.07, 6.45) is 0. The van der Waals surface area contributed by atoms with Crippen LogP contribution in [0.1, 0.15) is 19.4 Å². The summed E-state index contributed by atoms with van der Waals surface area (Å²) in [5.41, 5.74) is -4.05. The second-order valence-corrected chi connectivity index (χ2v) is 8.03. The molecule has 30 heavy (non-hydrogen) atoms. The molecule has 0 aliphatic heterocycles. The van der Waals surface area contributed by atoms with E-state index >= 15 is 0 Å². The first-order valence-electron chi connectivity index (χ1n) is 8.48. The summed E-state index contributed by atoms with van der Waals surface area (Å²) in [7, 11) is -6.09. The third kappa shape index (κ3) is 7.74. The lowest BCUT2D eigenvalue weighted by Gasteiger charge is -2.11. The Balaban J connectivity index is 0.000000479. The van der Waals surface area contributed by atoms with Crippen molar-refractivity contribution >= 4 is 27.6 Å². The molecule has 0 heterocycles. The highest BCUT2D eigenvalue weighted by Gasteiger charge is 2.36. The molecule has 0 unspecified atom stereocenters. The monoisotopic (exact) mass is 464 g/mol. The van der Waals surface area contributed by atoms with Crippen molar-refractivity contribution in [1.82, 2.24) is 0 Å². The van der Waals surface area contributed by atoms with Crippen LogP contribution in [0.3, 0.4) is 0 Å². The van der Waals surface area contributed by atoms with E-state index in [2.05, 4.69) is 36.2 Å². The van der Waals surface area contributed by atoms with E-state index in [4.69, 9.17) is 27.8 Å². The molecule has 0 bridgehead atoms. The average molecular weight is 464 g/mol. The summed E-state index contributed by atoms with van der Waals surface area (Å²) in [4.78, 5) is 5.32. The van der Waals surface area contributed by atoms with Gasteiger partial charge in [-0.25, -0.2) is 8.42 Å². The minimum absolute atomic E-state index is 0.374. The lowest BCUT2D eigenvalue weighted by molar-refractivity contribution is -0.0517. The van der Waals surface area contributed by atoms with Crippen LogP contribution in [0.5, 0.6) is 11.5 Å². The first-order chi connectivity index (χ1) is 13.9. The van der Waals surface area contributed by atoms with Gasteiger partial charge in [0, 0.05) is 11.0 Å². The van der Waals surface area contributed by atoms with Crippen molar-refractivity contribution in [3.63, 3.8) is 0 Å². The fourth-order valence-electron chi connectivity index (χ4n) is 1.96. The van der Waals surface area contributed by atoms with Gasteiger partial charge in [0.2, 0.25) is 11.1 Å². The van der Waals surface area contributed by atoms with Crippen molar-refractivity contribution in [2.45, 2.75) is 36.1 Å². The molecule has 0 N–H and O–H groups in total. The van der Waals surface area contributed by atoms with Crippen molar-refractivity contribution in [3.05, 3.63) is 46.9 Å². The minimum Gasteiger partial charge on any atom is -0.741 e.